The molecule has 0 aliphatic heterocycles. The number of carboxylic acid groups (broad SMARTS) is 1. The van der Waals surface area contributed by atoms with Crippen LogP contribution in [0.15, 0.2) is 79.0 Å². The zero-order valence-electron chi connectivity index (χ0n) is 16.4. The predicted octanol–water partition coefficient (Wildman–Crippen LogP) is 5.29. The van der Waals surface area contributed by atoms with E-state index in [1.165, 1.54) is 12.3 Å². The summed E-state index contributed by atoms with van der Waals surface area (Å²) in [4.78, 5) is 27.9. The Morgan fingerprint density at radius 1 is 0.935 bits per heavy atom. The number of hydrogen-bond acceptors (Lipinski definition) is 4. The molecule has 0 atom stereocenters. The Hall–Kier alpha value is -4.19. The lowest BCUT2D eigenvalue weighted by atomic mass is 9.98. The minimum absolute atomic E-state index is 0.0308. The van der Waals surface area contributed by atoms with E-state index in [-0.39, 0.29) is 18.1 Å². The number of hydrogen-bond donors (Lipinski definition) is 2. The average Bonchev–Trinajstić information content (AvgIpc) is 3.11. The first-order chi connectivity index (χ1) is 15.1. The maximum Gasteiger partial charge on any atom is 0.412 e. The number of nitrogens with zero attached hydrogens (tertiary/aromatic N) is 1. The van der Waals surface area contributed by atoms with E-state index in [0.29, 0.717) is 16.6 Å². The summed E-state index contributed by atoms with van der Waals surface area (Å²) in [7, 11) is 0. The van der Waals surface area contributed by atoms with Crippen molar-refractivity contribution in [1.29, 1.82) is 0 Å². The number of aromatic nitrogens is 1. The van der Waals surface area contributed by atoms with Crippen molar-refractivity contribution in [1.82, 2.24) is 4.98 Å². The highest BCUT2D eigenvalue weighted by Crippen LogP contribution is 2.44. The van der Waals surface area contributed by atoms with Crippen LogP contribution in [0.3, 0.4) is 0 Å². The number of benzene rings is 3. The van der Waals surface area contributed by atoms with Crippen LogP contribution in [0, 0.1) is 0 Å². The molecule has 1 heterocycles. The topological polar surface area (TPSA) is 88.5 Å². The maximum atomic E-state index is 12.5. The van der Waals surface area contributed by atoms with Crippen molar-refractivity contribution in [2.24, 2.45) is 0 Å². The molecule has 152 valence electrons. The summed E-state index contributed by atoms with van der Waals surface area (Å²) in [6.45, 7) is 0.202. The van der Waals surface area contributed by atoms with Gasteiger partial charge in [-0.3, -0.25) is 5.32 Å². The van der Waals surface area contributed by atoms with Gasteiger partial charge in [0, 0.05) is 17.5 Å². The molecule has 0 fully saturated rings. The van der Waals surface area contributed by atoms with Crippen molar-refractivity contribution < 1.29 is 19.4 Å². The molecular weight excluding hydrogens is 392 g/mol. The number of aromatic carboxylic acids is 1. The van der Waals surface area contributed by atoms with Gasteiger partial charge in [0.05, 0.1) is 5.56 Å². The van der Waals surface area contributed by atoms with Gasteiger partial charge in [0.15, 0.2) is 0 Å². The van der Waals surface area contributed by atoms with Gasteiger partial charge in [-0.25, -0.2) is 14.6 Å². The van der Waals surface area contributed by atoms with Gasteiger partial charge >= 0.3 is 12.1 Å². The number of ether oxygens (including phenoxy) is 1. The Balaban J connectivity index is 1.35. The minimum Gasteiger partial charge on any atom is -0.478 e. The number of carboxylic acids is 1. The standard InChI is InChI=1S/C25H18N2O4/c28-24(29)16-9-10-17-15(13-16)11-12-26-23(17)27-25(30)31-14-22-20-7-3-1-5-18(20)19-6-2-4-8-21(19)22/h1-13,22H,14H2,(H,28,29)(H,26,27,30). The van der Waals surface area contributed by atoms with Gasteiger partial charge in [-0.2, -0.15) is 0 Å². The monoisotopic (exact) mass is 410 g/mol. The van der Waals surface area contributed by atoms with Gasteiger partial charge in [-0.15, -0.1) is 0 Å². The summed E-state index contributed by atoms with van der Waals surface area (Å²) in [5.41, 5.74) is 4.78. The van der Waals surface area contributed by atoms with Crippen molar-refractivity contribution >= 4 is 28.7 Å². The maximum absolute atomic E-state index is 12.5. The van der Waals surface area contributed by atoms with Crippen molar-refractivity contribution in [3.8, 4) is 11.1 Å². The molecule has 4 aromatic rings. The molecule has 6 nitrogen and oxygen atoms in total. The van der Waals surface area contributed by atoms with Crippen LogP contribution in [0.25, 0.3) is 21.9 Å². The molecule has 0 saturated heterocycles. The molecule has 0 radical (unpaired) electrons. The van der Waals surface area contributed by atoms with Gasteiger partial charge in [-0.05, 0) is 51.9 Å². The number of carbonyl (C=O) groups excluding carboxylic acids is 1. The predicted molar refractivity (Wildman–Crippen MR) is 117 cm³/mol. The van der Waals surface area contributed by atoms with Crippen LogP contribution in [-0.2, 0) is 4.74 Å². The third-order valence-corrected chi connectivity index (χ3v) is 5.58. The highest BCUT2D eigenvalue weighted by Gasteiger charge is 2.29. The van der Waals surface area contributed by atoms with E-state index in [4.69, 9.17) is 9.84 Å². The molecule has 31 heavy (non-hydrogen) atoms. The fraction of sp³-hybridized carbons (Fsp3) is 0.0800. The molecule has 0 spiro atoms. The summed E-state index contributed by atoms with van der Waals surface area (Å²) in [5.74, 6) is -0.715. The second-order valence-electron chi connectivity index (χ2n) is 7.35. The Bertz CT molecular complexity index is 1290. The second kappa shape index (κ2) is 7.57. The number of nitrogens with one attached hydrogen (secondary N) is 1. The molecule has 0 saturated carbocycles. The Kier molecular flexibility index (Phi) is 4.59. The molecular formula is C25H18N2O4. The highest BCUT2D eigenvalue weighted by molar-refractivity contribution is 6.01. The van der Waals surface area contributed by atoms with E-state index in [2.05, 4.69) is 34.6 Å². The van der Waals surface area contributed by atoms with Crippen LogP contribution in [0.4, 0.5) is 10.6 Å². The van der Waals surface area contributed by atoms with Crippen LogP contribution in [0.5, 0.6) is 0 Å². The van der Waals surface area contributed by atoms with E-state index in [1.54, 1.807) is 18.2 Å². The van der Waals surface area contributed by atoms with E-state index in [0.717, 1.165) is 22.3 Å². The third kappa shape index (κ3) is 3.38. The average molecular weight is 410 g/mol. The molecule has 1 aliphatic rings. The summed E-state index contributed by atoms with van der Waals surface area (Å²) in [6, 6.07) is 22.6. The van der Waals surface area contributed by atoms with E-state index in [1.807, 2.05) is 24.3 Å². The lowest BCUT2D eigenvalue weighted by Gasteiger charge is -2.15. The number of rotatable bonds is 4. The van der Waals surface area contributed by atoms with Gasteiger partial charge in [0.25, 0.3) is 0 Å². The normalized spacial score (nSPS) is 12.3. The van der Waals surface area contributed by atoms with Gasteiger partial charge in [-0.1, -0.05) is 48.5 Å². The SMILES string of the molecule is O=C(Nc1nccc2cc(C(=O)O)ccc12)OCC1c2ccccc2-c2ccccc21. The van der Waals surface area contributed by atoms with Crippen molar-refractivity contribution in [2.45, 2.75) is 5.92 Å². The first-order valence-corrected chi connectivity index (χ1v) is 9.86. The zero-order chi connectivity index (χ0) is 21.4. The minimum atomic E-state index is -1.01. The number of anilines is 1. The Morgan fingerprint density at radius 2 is 1.61 bits per heavy atom. The lowest BCUT2D eigenvalue weighted by molar-refractivity contribution is 0.0697. The van der Waals surface area contributed by atoms with Gasteiger partial charge < -0.3 is 9.84 Å². The first-order valence-electron chi connectivity index (χ1n) is 9.86. The van der Waals surface area contributed by atoms with Crippen molar-refractivity contribution in [3.63, 3.8) is 0 Å². The summed E-state index contributed by atoms with van der Waals surface area (Å²) < 4.78 is 5.57. The number of fused-ring (bicyclic) bond motifs is 4. The first kappa shape index (κ1) is 18.8. The largest absolute Gasteiger partial charge is 0.478 e. The third-order valence-electron chi connectivity index (χ3n) is 5.58. The van der Waals surface area contributed by atoms with Crippen molar-refractivity contribution in [2.75, 3.05) is 11.9 Å². The number of carbonyl (C=O) groups is 2. The quantitative estimate of drug-likeness (QED) is 0.477. The molecule has 1 aromatic heterocycles. The van der Waals surface area contributed by atoms with E-state index in [9.17, 15) is 9.59 Å². The van der Waals surface area contributed by atoms with Crippen LogP contribution >= 0.6 is 0 Å². The molecule has 0 unspecified atom stereocenters. The van der Waals surface area contributed by atoms with Crippen LogP contribution in [-0.4, -0.2) is 28.8 Å². The molecule has 6 heteroatoms. The van der Waals surface area contributed by atoms with Crippen molar-refractivity contribution in [3.05, 3.63) is 95.7 Å². The smallest absolute Gasteiger partial charge is 0.412 e. The molecule has 3 aromatic carbocycles. The molecule has 0 bridgehead atoms. The summed E-state index contributed by atoms with van der Waals surface area (Å²) in [5, 5.41) is 13.2. The highest BCUT2D eigenvalue weighted by atomic mass is 16.5. The van der Waals surface area contributed by atoms with Crippen LogP contribution < -0.4 is 5.32 Å². The number of amides is 1. The molecule has 2 N–H and O–H groups in total. The Labute approximate surface area is 178 Å². The van der Waals surface area contributed by atoms with E-state index >= 15 is 0 Å². The second-order valence-corrected chi connectivity index (χ2v) is 7.35. The van der Waals surface area contributed by atoms with Gasteiger partial charge in [0.2, 0.25) is 0 Å². The summed E-state index contributed by atoms with van der Waals surface area (Å²) >= 11 is 0. The fourth-order valence-electron chi connectivity index (χ4n) is 4.14. The molecule has 1 aliphatic carbocycles. The van der Waals surface area contributed by atoms with Crippen LogP contribution in [0.1, 0.15) is 27.4 Å². The van der Waals surface area contributed by atoms with E-state index < -0.39 is 12.1 Å². The molecule has 5 rings (SSSR count). The Morgan fingerprint density at radius 3 is 2.29 bits per heavy atom. The molecule has 1 amide bonds. The van der Waals surface area contributed by atoms with Gasteiger partial charge in [0.1, 0.15) is 12.4 Å². The number of pyridine rings is 1. The van der Waals surface area contributed by atoms with Crippen LogP contribution in [0.2, 0.25) is 0 Å². The zero-order valence-corrected chi connectivity index (χ0v) is 16.4. The lowest BCUT2D eigenvalue weighted by Crippen LogP contribution is -2.18. The summed E-state index contributed by atoms with van der Waals surface area (Å²) in [6.07, 6.45) is 0.914. The fourth-order valence-corrected chi connectivity index (χ4v) is 4.14.